The van der Waals surface area contributed by atoms with Crippen LogP contribution in [0, 0.1) is 5.82 Å². The Morgan fingerprint density at radius 3 is 2.88 bits per heavy atom. The van der Waals surface area contributed by atoms with Gasteiger partial charge in [-0.2, -0.15) is 11.8 Å². The molecule has 1 aromatic rings. The van der Waals surface area contributed by atoms with Crippen LogP contribution in [0.5, 0.6) is 0 Å². The van der Waals surface area contributed by atoms with E-state index in [-0.39, 0.29) is 13.1 Å². The molecule has 2 unspecified atom stereocenters. The zero-order chi connectivity index (χ0) is 17.7. The quantitative estimate of drug-likeness (QED) is 0.482. The molecule has 1 amide bonds. The Morgan fingerprint density at radius 1 is 1.46 bits per heavy atom. The number of halogens is 2. The molecule has 1 saturated heterocycles. The number of amides is 1. The summed E-state index contributed by atoms with van der Waals surface area (Å²) in [4.78, 5) is 11.6. The fourth-order valence-electron chi connectivity index (χ4n) is 2.04. The summed E-state index contributed by atoms with van der Waals surface area (Å²) >= 11 is 7.22. The molecular formula is C13H17ClFN3O4S2. The van der Waals surface area contributed by atoms with Crippen molar-refractivity contribution in [1.29, 1.82) is 0 Å². The van der Waals surface area contributed by atoms with Crippen LogP contribution in [0.25, 0.3) is 0 Å². The SMILES string of the molecule is O=C1NC(O)NCC1S(=O)(=O)NCCSCc1c(F)cccc1Cl. The molecule has 0 spiro atoms. The summed E-state index contributed by atoms with van der Waals surface area (Å²) in [7, 11) is -3.87. The molecule has 2 atom stereocenters. The fraction of sp³-hybridized carbons (Fsp3) is 0.462. The molecule has 1 fully saturated rings. The van der Waals surface area contributed by atoms with E-state index in [4.69, 9.17) is 16.7 Å². The van der Waals surface area contributed by atoms with E-state index in [0.717, 1.165) is 0 Å². The fourth-order valence-corrected chi connectivity index (χ4v) is 4.62. The van der Waals surface area contributed by atoms with E-state index < -0.39 is 33.3 Å². The molecule has 134 valence electrons. The summed E-state index contributed by atoms with van der Waals surface area (Å²) in [6, 6.07) is 4.42. The highest BCUT2D eigenvalue weighted by Gasteiger charge is 2.36. The van der Waals surface area contributed by atoms with Gasteiger partial charge >= 0.3 is 0 Å². The standard InChI is InChI=1S/C13H17ClFN3O4S2/c14-9-2-1-3-10(15)8(9)7-23-5-4-17-24(21,22)11-6-16-13(20)18-12(11)19/h1-3,11,13,16-17,20H,4-7H2,(H,18,19). The number of hydrogen-bond acceptors (Lipinski definition) is 6. The van der Waals surface area contributed by atoms with Gasteiger partial charge in [-0.1, -0.05) is 17.7 Å². The molecule has 1 aliphatic heterocycles. The van der Waals surface area contributed by atoms with Gasteiger partial charge in [0.25, 0.3) is 0 Å². The first-order chi connectivity index (χ1) is 11.3. The first-order valence-electron chi connectivity index (χ1n) is 7.02. The summed E-state index contributed by atoms with van der Waals surface area (Å²) in [6.07, 6.45) is -1.25. The number of sulfonamides is 1. The monoisotopic (exact) mass is 397 g/mol. The van der Waals surface area contributed by atoms with Crippen molar-refractivity contribution in [1.82, 2.24) is 15.4 Å². The highest BCUT2D eigenvalue weighted by atomic mass is 35.5. The third-order valence-electron chi connectivity index (χ3n) is 3.30. The minimum absolute atomic E-state index is 0.0887. The molecule has 0 bridgehead atoms. The number of nitrogens with one attached hydrogen (secondary N) is 3. The lowest BCUT2D eigenvalue weighted by Gasteiger charge is -2.26. The van der Waals surface area contributed by atoms with Crippen molar-refractivity contribution in [3.05, 3.63) is 34.6 Å². The minimum atomic E-state index is -3.87. The Bertz CT molecular complexity index is 684. The summed E-state index contributed by atoms with van der Waals surface area (Å²) in [6.45, 7) is -0.0916. The number of hydrogen-bond donors (Lipinski definition) is 4. The van der Waals surface area contributed by atoms with Crippen LogP contribution in [-0.4, -0.2) is 49.9 Å². The zero-order valence-corrected chi connectivity index (χ0v) is 14.8. The molecule has 1 aliphatic rings. The molecule has 1 aromatic carbocycles. The van der Waals surface area contributed by atoms with Gasteiger partial charge < -0.3 is 10.4 Å². The van der Waals surface area contributed by atoms with E-state index in [2.05, 4.69) is 15.4 Å². The molecule has 0 aliphatic carbocycles. The van der Waals surface area contributed by atoms with E-state index in [1.54, 1.807) is 6.07 Å². The maximum absolute atomic E-state index is 13.6. The van der Waals surface area contributed by atoms with E-state index in [9.17, 15) is 17.6 Å². The number of carbonyl (C=O) groups is 1. The van der Waals surface area contributed by atoms with Gasteiger partial charge in [0.05, 0.1) is 0 Å². The van der Waals surface area contributed by atoms with Crippen molar-refractivity contribution in [2.24, 2.45) is 0 Å². The molecule has 7 nitrogen and oxygen atoms in total. The number of aliphatic hydroxyl groups is 1. The normalized spacial score (nSPS) is 21.5. The molecule has 0 saturated carbocycles. The molecule has 1 heterocycles. The van der Waals surface area contributed by atoms with Gasteiger partial charge in [0.2, 0.25) is 15.9 Å². The summed E-state index contributed by atoms with van der Waals surface area (Å²) in [5.74, 6) is -0.474. The second-order valence-electron chi connectivity index (χ2n) is 5.00. The number of benzene rings is 1. The molecule has 2 rings (SSSR count). The van der Waals surface area contributed by atoms with E-state index in [0.29, 0.717) is 22.1 Å². The van der Waals surface area contributed by atoms with Crippen molar-refractivity contribution < 1.29 is 22.7 Å². The molecule has 11 heteroatoms. The Hall–Kier alpha value is -0.910. The second-order valence-corrected chi connectivity index (χ2v) is 8.46. The highest BCUT2D eigenvalue weighted by molar-refractivity contribution is 7.98. The maximum Gasteiger partial charge on any atom is 0.244 e. The number of aliphatic hydroxyl groups excluding tert-OH is 1. The smallest absolute Gasteiger partial charge is 0.244 e. The minimum Gasteiger partial charge on any atom is -0.361 e. The predicted octanol–water partition coefficient (Wildman–Crippen LogP) is -0.00440. The van der Waals surface area contributed by atoms with Gasteiger partial charge in [-0.25, -0.2) is 17.5 Å². The molecule has 24 heavy (non-hydrogen) atoms. The van der Waals surface area contributed by atoms with Crippen LogP contribution < -0.4 is 15.4 Å². The van der Waals surface area contributed by atoms with Crippen LogP contribution in [0.2, 0.25) is 5.02 Å². The summed E-state index contributed by atoms with van der Waals surface area (Å²) in [5, 5.41) is 12.7. The van der Waals surface area contributed by atoms with Crippen LogP contribution in [0.1, 0.15) is 5.56 Å². The molecule has 4 N–H and O–H groups in total. The molecular weight excluding hydrogens is 381 g/mol. The summed E-state index contributed by atoms with van der Waals surface area (Å²) in [5.41, 5.74) is 0.372. The first kappa shape index (κ1) is 19.4. The first-order valence-corrected chi connectivity index (χ1v) is 10.1. The van der Waals surface area contributed by atoms with Crippen LogP contribution in [-0.2, 0) is 20.6 Å². The Labute approximate surface area is 148 Å². The largest absolute Gasteiger partial charge is 0.361 e. The van der Waals surface area contributed by atoms with Gasteiger partial charge in [0.1, 0.15) is 5.82 Å². The Balaban J connectivity index is 1.78. The van der Waals surface area contributed by atoms with Crippen LogP contribution >= 0.6 is 23.4 Å². The van der Waals surface area contributed by atoms with E-state index >= 15 is 0 Å². The topological polar surface area (TPSA) is 108 Å². The van der Waals surface area contributed by atoms with Crippen LogP contribution in [0.4, 0.5) is 4.39 Å². The lowest BCUT2D eigenvalue weighted by Crippen LogP contribution is -2.62. The van der Waals surface area contributed by atoms with Gasteiger partial charge in [0, 0.05) is 35.2 Å². The van der Waals surface area contributed by atoms with Gasteiger partial charge in [-0.05, 0) is 12.1 Å². The number of thioether (sulfide) groups is 1. The zero-order valence-electron chi connectivity index (χ0n) is 12.5. The van der Waals surface area contributed by atoms with Crippen LogP contribution in [0.15, 0.2) is 18.2 Å². The third-order valence-corrected chi connectivity index (χ3v) is 6.38. The van der Waals surface area contributed by atoms with Gasteiger partial charge in [-0.15, -0.1) is 0 Å². The Morgan fingerprint density at radius 2 is 2.21 bits per heavy atom. The van der Waals surface area contributed by atoms with Gasteiger partial charge in [0.15, 0.2) is 11.6 Å². The van der Waals surface area contributed by atoms with Crippen LogP contribution in [0.3, 0.4) is 0 Å². The third kappa shape index (κ3) is 5.04. The van der Waals surface area contributed by atoms with Crippen molar-refractivity contribution in [3.63, 3.8) is 0 Å². The van der Waals surface area contributed by atoms with Crippen molar-refractivity contribution >= 4 is 39.3 Å². The van der Waals surface area contributed by atoms with Crippen molar-refractivity contribution in [2.75, 3.05) is 18.8 Å². The van der Waals surface area contributed by atoms with Crippen molar-refractivity contribution in [2.45, 2.75) is 17.4 Å². The predicted molar refractivity (Wildman–Crippen MR) is 90.4 cm³/mol. The van der Waals surface area contributed by atoms with E-state index in [1.807, 2.05) is 0 Å². The Kier molecular flexibility index (Phi) is 6.84. The second kappa shape index (κ2) is 8.45. The van der Waals surface area contributed by atoms with Gasteiger partial charge in [-0.3, -0.25) is 10.1 Å². The van der Waals surface area contributed by atoms with Crippen molar-refractivity contribution in [3.8, 4) is 0 Å². The lowest BCUT2D eigenvalue weighted by atomic mass is 10.2. The highest BCUT2D eigenvalue weighted by Crippen LogP contribution is 2.23. The average molecular weight is 398 g/mol. The number of carbonyl (C=O) groups excluding carboxylic acids is 1. The lowest BCUT2D eigenvalue weighted by molar-refractivity contribution is -0.126. The molecule has 0 radical (unpaired) electrons. The maximum atomic E-state index is 13.6. The summed E-state index contributed by atoms with van der Waals surface area (Å²) < 4.78 is 40.0. The molecule has 0 aromatic heterocycles. The average Bonchev–Trinajstić information content (AvgIpc) is 2.49. The van der Waals surface area contributed by atoms with E-state index in [1.165, 1.54) is 23.9 Å². The number of rotatable bonds is 7.